The normalized spacial score (nSPS) is 14.7. The van der Waals surface area contributed by atoms with Crippen molar-refractivity contribution in [3.8, 4) is 17.0 Å². The van der Waals surface area contributed by atoms with Crippen LogP contribution in [0.4, 0.5) is 21.7 Å². The zero-order chi connectivity index (χ0) is 24.5. The summed E-state index contributed by atoms with van der Waals surface area (Å²) in [4.78, 5) is 4.82. The second-order valence-electron chi connectivity index (χ2n) is 8.22. The molecule has 9 heteroatoms. The largest absolute Gasteiger partial charge is 0.497 e. The lowest BCUT2D eigenvalue weighted by Crippen LogP contribution is -2.28. The molecule has 0 saturated heterocycles. The summed E-state index contributed by atoms with van der Waals surface area (Å²) in [6, 6.07) is 27.5. The van der Waals surface area contributed by atoms with Gasteiger partial charge in [0.1, 0.15) is 17.5 Å². The van der Waals surface area contributed by atoms with Crippen LogP contribution >= 0.6 is 11.3 Å². The first-order chi connectivity index (χ1) is 17.7. The van der Waals surface area contributed by atoms with Gasteiger partial charge in [-0.15, -0.1) is 10.2 Å². The third-order valence-corrected chi connectivity index (χ3v) is 6.98. The molecule has 3 heterocycles. The molecule has 36 heavy (non-hydrogen) atoms. The molecule has 0 saturated carbocycles. The summed E-state index contributed by atoms with van der Waals surface area (Å²) in [6.07, 6.45) is 0. The molecular weight excluding hydrogens is 472 g/mol. The van der Waals surface area contributed by atoms with Crippen molar-refractivity contribution in [3.63, 3.8) is 0 Å². The third-order valence-electron chi connectivity index (χ3n) is 5.94. The van der Waals surface area contributed by atoms with Gasteiger partial charge in [0, 0.05) is 5.56 Å². The van der Waals surface area contributed by atoms with Gasteiger partial charge in [-0.05, 0) is 36.8 Å². The van der Waals surface area contributed by atoms with E-state index >= 15 is 0 Å². The molecule has 0 aliphatic carbocycles. The molecule has 8 nitrogen and oxygen atoms in total. The van der Waals surface area contributed by atoms with Crippen LogP contribution < -0.4 is 15.2 Å². The molecule has 0 radical (unpaired) electrons. The Morgan fingerprint density at radius 1 is 0.944 bits per heavy atom. The van der Waals surface area contributed by atoms with Crippen molar-refractivity contribution in [1.29, 1.82) is 0 Å². The SMILES string of the molecule is COc1ccc(C2c3c(-c4ccccc4)noc3NN2c2nc(C)c(N=Nc3ccccc3)s2)cc1. The van der Waals surface area contributed by atoms with Crippen LogP contribution in [0, 0.1) is 6.92 Å². The number of nitrogens with zero attached hydrogens (tertiary/aromatic N) is 5. The second kappa shape index (κ2) is 9.27. The Morgan fingerprint density at radius 2 is 1.67 bits per heavy atom. The number of rotatable bonds is 6. The quantitative estimate of drug-likeness (QED) is 0.246. The summed E-state index contributed by atoms with van der Waals surface area (Å²) in [6.45, 7) is 1.94. The van der Waals surface area contributed by atoms with Gasteiger partial charge in [-0.1, -0.05) is 77.2 Å². The fourth-order valence-corrected chi connectivity index (χ4v) is 5.05. The van der Waals surface area contributed by atoms with E-state index in [1.165, 1.54) is 11.3 Å². The second-order valence-corrected chi connectivity index (χ2v) is 9.18. The van der Waals surface area contributed by atoms with E-state index in [4.69, 9.17) is 14.2 Å². The minimum atomic E-state index is -0.225. The molecule has 1 atom stereocenters. The first-order valence-electron chi connectivity index (χ1n) is 11.4. The van der Waals surface area contributed by atoms with Crippen LogP contribution in [-0.2, 0) is 0 Å². The zero-order valence-corrected chi connectivity index (χ0v) is 20.4. The van der Waals surface area contributed by atoms with E-state index in [-0.39, 0.29) is 6.04 Å². The van der Waals surface area contributed by atoms with Crippen molar-refractivity contribution < 1.29 is 9.26 Å². The van der Waals surface area contributed by atoms with Crippen molar-refractivity contribution >= 4 is 33.0 Å². The van der Waals surface area contributed by atoms with E-state index in [2.05, 4.69) is 20.8 Å². The number of hydrazine groups is 1. The van der Waals surface area contributed by atoms with E-state index in [9.17, 15) is 0 Å². The molecule has 1 unspecified atom stereocenters. The smallest absolute Gasteiger partial charge is 0.249 e. The highest BCUT2D eigenvalue weighted by atomic mass is 32.1. The summed E-state index contributed by atoms with van der Waals surface area (Å²) in [5.74, 6) is 1.38. The molecule has 3 aromatic carbocycles. The molecule has 178 valence electrons. The molecule has 5 aromatic rings. The Labute approximate surface area is 211 Å². The fraction of sp³-hybridized carbons (Fsp3) is 0.111. The maximum atomic E-state index is 5.76. The molecule has 0 bridgehead atoms. The standard InChI is InChI=1S/C27H22N6O2S/c1-17-26(30-29-20-11-7-4-8-12-20)36-27(28-17)33-24(19-13-15-21(34-2)16-14-19)22-23(32-35-25(22)31-33)18-9-5-3-6-10-18/h3-16,24,31H,1-2H3. The van der Waals surface area contributed by atoms with Gasteiger partial charge in [-0.2, -0.15) is 0 Å². The van der Waals surface area contributed by atoms with E-state index in [0.29, 0.717) is 5.88 Å². The van der Waals surface area contributed by atoms with Gasteiger partial charge < -0.3 is 9.26 Å². The number of aryl methyl sites for hydroxylation is 1. The van der Waals surface area contributed by atoms with E-state index in [1.54, 1.807) is 7.11 Å². The Bertz CT molecular complexity index is 1510. The number of fused-ring (bicyclic) bond motifs is 1. The van der Waals surface area contributed by atoms with Gasteiger partial charge >= 0.3 is 0 Å². The maximum Gasteiger partial charge on any atom is 0.249 e. The molecule has 1 aliphatic heterocycles. The Balaban J connectivity index is 1.41. The molecular formula is C27H22N6O2S. The number of methoxy groups -OCH3 is 1. The van der Waals surface area contributed by atoms with Crippen molar-refractivity contribution in [1.82, 2.24) is 10.1 Å². The van der Waals surface area contributed by atoms with Gasteiger partial charge in [0.25, 0.3) is 0 Å². The number of ether oxygens (including phenoxy) is 1. The highest BCUT2D eigenvalue weighted by molar-refractivity contribution is 7.19. The number of thiazole rings is 1. The number of hydrogen-bond donors (Lipinski definition) is 1. The highest BCUT2D eigenvalue weighted by Gasteiger charge is 2.40. The number of nitrogens with one attached hydrogen (secondary N) is 1. The van der Waals surface area contributed by atoms with Crippen molar-refractivity contribution in [3.05, 3.63) is 102 Å². The number of aromatic nitrogens is 2. The number of anilines is 2. The van der Waals surface area contributed by atoms with Gasteiger partial charge in [-0.3, -0.25) is 5.43 Å². The van der Waals surface area contributed by atoms with E-state index < -0.39 is 0 Å². The minimum absolute atomic E-state index is 0.225. The topological polar surface area (TPSA) is 88.1 Å². The van der Waals surface area contributed by atoms with Crippen molar-refractivity contribution in [2.45, 2.75) is 13.0 Å². The maximum absolute atomic E-state index is 5.76. The number of azo groups is 1. The zero-order valence-electron chi connectivity index (χ0n) is 19.6. The van der Waals surface area contributed by atoms with Crippen LogP contribution in [0.15, 0.2) is 99.7 Å². The van der Waals surface area contributed by atoms with E-state index in [1.807, 2.05) is 96.9 Å². The van der Waals surface area contributed by atoms with Crippen LogP contribution in [0.5, 0.6) is 5.75 Å². The van der Waals surface area contributed by atoms with Crippen LogP contribution in [0.2, 0.25) is 0 Å². The molecule has 1 N–H and O–H groups in total. The van der Waals surface area contributed by atoms with Crippen molar-refractivity contribution in [2.24, 2.45) is 10.2 Å². The summed E-state index contributed by atoms with van der Waals surface area (Å²) in [5.41, 5.74) is 8.74. The fourth-order valence-electron chi connectivity index (χ4n) is 4.17. The van der Waals surface area contributed by atoms with Crippen LogP contribution in [0.3, 0.4) is 0 Å². The number of benzene rings is 3. The van der Waals surface area contributed by atoms with Gasteiger partial charge in [0.05, 0.1) is 24.1 Å². The monoisotopic (exact) mass is 494 g/mol. The lowest BCUT2D eigenvalue weighted by atomic mass is 9.96. The Hall–Kier alpha value is -4.50. The predicted octanol–water partition coefficient (Wildman–Crippen LogP) is 7.47. The lowest BCUT2D eigenvalue weighted by Gasteiger charge is -2.24. The summed E-state index contributed by atoms with van der Waals surface area (Å²) >= 11 is 1.46. The molecule has 0 spiro atoms. The predicted molar refractivity (Wildman–Crippen MR) is 140 cm³/mol. The van der Waals surface area contributed by atoms with Gasteiger partial charge in [0.15, 0.2) is 5.00 Å². The van der Waals surface area contributed by atoms with Gasteiger partial charge in [-0.25, -0.2) is 9.99 Å². The molecule has 6 rings (SSSR count). The third kappa shape index (κ3) is 3.99. The van der Waals surface area contributed by atoms with Crippen molar-refractivity contribution in [2.75, 3.05) is 17.5 Å². The average molecular weight is 495 g/mol. The first-order valence-corrected chi connectivity index (χ1v) is 12.2. The molecule has 0 fully saturated rings. The minimum Gasteiger partial charge on any atom is -0.497 e. The highest BCUT2D eigenvalue weighted by Crippen LogP contribution is 2.49. The first kappa shape index (κ1) is 22.0. The molecule has 2 aromatic heterocycles. The summed E-state index contributed by atoms with van der Waals surface area (Å²) in [7, 11) is 1.66. The molecule has 1 aliphatic rings. The summed E-state index contributed by atoms with van der Waals surface area (Å²) in [5, 5.41) is 16.7. The Kier molecular flexibility index (Phi) is 5.67. The average Bonchev–Trinajstić information content (AvgIpc) is 3.62. The Morgan fingerprint density at radius 3 is 2.39 bits per heavy atom. The van der Waals surface area contributed by atoms with Crippen LogP contribution in [0.1, 0.15) is 22.9 Å². The number of hydrogen-bond acceptors (Lipinski definition) is 9. The lowest BCUT2D eigenvalue weighted by molar-refractivity contribution is 0.414. The van der Waals surface area contributed by atoms with Crippen LogP contribution in [-0.4, -0.2) is 17.3 Å². The van der Waals surface area contributed by atoms with E-state index in [0.717, 1.165) is 49.6 Å². The van der Waals surface area contributed by atoms with Gasteiger partial charge in [0.2, 0.25) is 11.0 Å². The summed E-state index contributed by atoms with van der Waals surface area (Å²) < 4.78 is 11.1. The molecule has 0 amide bonds. The van der Waals surface area contributed by atoms with Crippen LogP contribution in [0.25, 0.3) is 11.3 Å².